The number of pyridine rings is 1. The molecule has 2 heterocycles. The summed E-state index contributed by atoms with van der Waals surface area (Å²) in [6.45, 7) is 4.93. The Morgan fingerprint density at radius 2 is 2.09 bits per heavy atom. The van der Waals surface area contributed by atoms with Crippen LogP contribution in [-0.4, -0.2) is 35.2 Å². The minimum atomic E-state index is -0.475. The molecule has 1 aromatic rings. The maximum atomic E-state index is 12.1. The summed E-state index contributed by atoms with van der Waals surface area (Å²) in [7, 11) is 0. The standard InChI is InChI=1S/C18H27N3O2/c1-13-7-9-21(10-8-13)17-6-5-14(11-19-17)12-20-18(23)15-3-2-4-16(15)22/h5-6,11,13,15-16,22H,2-4,7-10,12H2,1H3,(H,20,23). The van der Waals surface area contributed by atoms with E-state index in [0.29, 0.717) is 6.54 Å². The Morgan fingerprint density at radius 1 is 1.30 bits per heavy atom. The van der Waals surface area contributed by atoms with Gasteiger partial charge in [-0.25, -0.2) is 4.98 Å². The highest BCUT2D eigenvalue weighted by atomic mass is 16.3. The number of piperidine rings is 1. The van der Waals surface area contributed by atoms with Gasteiger partial charge in [-0.05, 0) is 49.7 Å². The first kappa shape index (κ1) is 16.2. The molecular formula is C18H27N3O2. The van der Waals surface area contributed by atoms with Crippen LogP contribution in [0.3, 0.4) is 0 Å². The lowest BCUT2D eigenvalue weighted by molar-refractivity contribution is -0.127. The number of amides is 1. The maximum Gasteiger partial charge on any atom is 0.225 e. The van der Waals surface area contributed by atoms with Crippen molar-refractivity contribution >= 4 is 11.7 Å². The molecule has 1 aliphatic carbocycles. The molecule has 1 saturated heterocycles. The molecule has 3 rings (SSSR count). The summed E-state index contributed by atoms with van der Waals surface area (Å²) in [6, 6.07) is 4.08. The Balaban J connectivity index is 1.50. The number of hydrogen-bond donors (Lipinski definition) is 2. The average Bonchev–Trinajstić information content (AvgIpc) is 3.00. The Bertz CT molecular complexity index is 524. The van der Waals surface area contributed by atoms with Crippen molar-refractivity contribution in [3.05, 3.63) is 23.9 Å². The van der Waals surface area contributed by atoms with Crippen molar-refractivity contribution in [1.29, 1.82) is 0 Å². The van der Waals surface area contributed by atoms with E-state index in [1.54, 1.807) is 0 Å². The topological polar surface area (TPSA) is 65.5 Å². The quantitative estimate of drug-likeness (QED) is 0.892. The van der Waals surface area contributed by atoms with E-state index in [1.165, 1.54) is 12.8 Å². The van der Waals surface area contributed by atoms with E-state index in [9.17, 15) is 9.90 Å². The molecule has 1 saturated carbocycles. The van der Waals surface area contributed by atoms with Crippen LogP contribution in [0.15, 0.2) is 18.3 Å². The lowest BCUT2D eigenvalue weighted by atomic mass is 9.99. The molecule has 0 radical (unpaired) electrons. The van der Waals surface area contributed by atoms with Crippen molar-refractivity contribution in [2.75, 3.05) is 18.0 Å². The maximum absolute atomic E-state index is 12.1. The summed E-state index contributed by atoms with van der Waals surface area (Å²) < 4.78 is 0. The van der Waals surface area contributed by atoms with Gasteiger partial charge in [0.15, 0.2) is 0 Å². The van der Waals surface area contributed by atoms with E-state index in [0.717, 1.165) is 49.7 Å². The molecule has 2 unspecified atom stereocenters. The van der Waals surface area contributed by atoms with Gasteiger partial charge in [-0.15, -0.1) is 0 Å². The van der Waals surface area contributed by atoms with E-state index in [1.807, 2.05) is 18.3 Å². The molecular weight excluding hydrogens is 290 g/mol. The number of rotatable bonds is 4. The summed E-state index contributed by atoms with van der Waals surface area (Å²) in [6.07, 6.45) is 6.28. The molecule has 5 nitrogen and oxygen atoms in total. The third-order valence-electron chi connectivity index (χ3n) is 5.20. The van der Waals surface area contributed by atoms with Crippen LogP contribution in [0.2, 0.25) is 0 Å². The van der Waals surface area contributed by atoms with Gasteiger partial charge < -0.3 is 15.3 Å². The van der Waals surface area contributed by atoms with Gasteiger partial charge in [-0.3, -0.25) is 4.79 Å². The number of aliphatic hydroxyl groups excluding tert-OH is 1. The molecule has 2 atom stereocenters. The van der Waals surface area contributed by atoms with E-state index in [2.05, 4.69) is 22.1 Å². The number of nitrogens with one attached hydrogen (secondary N) is 1. The van der Waals surface area contributed by atoms with Crippen molar-refractivity contribution in [3.63, 3.8) is 0 Å². The number of nitrogens with zero attached hydrogens (tertiary/aromatic N) is 2. The first-order chi connectivity index (χ1) is 11.1. The van der Waals surface area contributed by atoms with Gasteiger partial charge >= 0.3 is 0 Å². The molecule has 2 fully saturated rings. The number of carbonyl (C=O) groups is 1. The number of aromatic nitrogens is 1. The SMILES string of the molecule is CC1CCN(c2ccc(CNC(=O)C3CCCC3O)cn2)CC1. The molecule has 126 valence electrons. The Labute approximate surface area is 138 Å². The summed E-state index contributed by atoms with van der Waals surface area (Å²) in [5.74, 6) is 1.56. The molecule has 1 amide bonds. The van der Waals surface area contributed by atoms with Gasteiger partial charge in [0.05, 0.1) is 12.0 Å². The van der Waals surface area contributed by atoms with Gasteiger partial charge in [-0.1, -0.05) is 13.0 Å². The molecule has 0 aromatic carbocycles. The second-order valence-electron chi connectivity index (χ2n) is 7.02. The van der Waals surface area contributed by atoms with Gasteiger partial charge in [0.1, 0.15) is 5.82 Å². The fourth-order valence-electron chi connectivity index (χ4n) is 3.51. The van der Waals surface area contributed by atoms with Crippen molar-refractivity contribution in [3.8, 4) is 0 Å². The van der Waals surface area contributed by atoms with E-state index >= 15 is 0 Å². The van der Waals surface area contributed by atoms with Crippen LogP contribution in [0, 0.1) is 11.8 Å². The van der Waals surface area contributed by atoms with Crippen molar-refractivity contribution < 1.29 is 9.90 Å². The number of anilines is 1. The van der Waals surface area contributed by atoms with E-state index in [4.69, 9.17) is 0 Å². The van der Waals surface area contributed by atoms with E-state index < -0.39 is 6.10 Å². The van der Waals surface area contributed by atoms with Crippen LogP contribution in [0.5, 0.6) is 0 Å². The van der Waals surface area contributed by atoms with Gasteiger partial charge in [0.25, 0.3) is 0 Å². The van der Waals surface area contributed by atoms with E-state index in [-0.39, 0.29) is 11.8 Å². The van der Waals surface area contributed by atoms with Crippen LogP contribution in [0.4, 0.5) is 5.82 Å². The molecule has 2 N–H and O–H groups in total. The van der Waals surface area contributed by atoms with Crippen LogP contribution in [0.25, 0.3) is 0 Å². The Morgan fingerprint density at radius 3 is 2.70 bits per heavy atom. The first-order valence-corrected chi connectivity index (χ1v) is 8.79. The molecule has 5 heteroatoms. The summed E-state index contributed by atoms with van der Waals surface area (Å²) in [4.78, 5) is 18.9. The molecule has 1 aliphatic heterocycles. The lowest BCUT2D eigenvalue weighted by Crippen LogP contribution is -2.34. The highest BCUT2D eigenvalue weighted by Crippen LogP contribution is 2.25. The number of aliphatic hydroxyl groups is 1. The van der Waals surface area contributed by atoms with Crippen LogP contribution in [0.1, 0.15) is 44.6 Å². The smallest absolute Gasteiger partial charge is 0.225 e. The van der Waals surface area contributed by atoms with Crippen LogP contribution in [-0.2, 0) is 11.3 Å². The number of hydrogen-bond acceptors (Lipinski definition) is 4. The molecule has 23 heavy (non-hydrogen) atoms. The Kier molecular flexibility index (Phi) is 5.16. The van der Waals surface area contributed by atoms with Crippen molar-refractivity contribution in [1.82, 2.24) is 10.3 Å². The van der Waals surface area contributed by atoms with Crippen LogP contribution >= 0.6 is 0 Å². The van der Waals surface area contributed by atoms with Gasteiger partial charge in [0, 0.05) is 25.8 Å². The summed E-state index contributed by atoms with van der Waals surface area (Å²) in [5.41, 5.74) is 1.000. The summed E-state index contributed by atoms with van der Waals surface area (Å²) >= 11 is 0. The predicted molar refractivity (Wildman–Crippen MR) is 90.0 cm³/mol. The first-order valence-electron chi connectivity index (χ1n) is 8.79. The highest BCUT2D eigenvalue weighted by molar-refractivity contribution is 5.79. The lowest BCUT2D eigenvalue weighted by Gasteiger charge is -2.31. The average molecular weight is 317 g/mol. The summed E-state index contributed by atoms with van der Waals surface area (Å²) in [5, 5.41) is 12.7. The Hall–Kier alpha value is -1.62. The van der Waals surface area contributed by atoms with Gasteiger partial charge in [0.2, 0.25) is 5.91 Å². The monoisotopic (exact) mass is 317 g/mol. The molecule has 2 aliphatic rings. The minimum absolute atomic E-state index is 0.0379. The fourth-order valence-corrected chi connectivity index (χ4v) is 3.51. The normalized spacial score (nSPS) is 25.6. The number of carbonyl (C=O) groups excluding carboxylic acids is 1. The minimum Gasteiger partial charge on any atom is -0.392 e. The third-order valence-corrected chi connectivity index (χ3v) is 5.20. The van der Waals surface area contributed by atoms with Crippen molar-refractivity contribution in [2.24, 2.45) is 11.8 Å². The second-order valence-corrected chi connectivity index (χ2v) is 7.02. The molecule has 1 aromatic heterocycles. The predicted octanol–water partition coefficient (Wildman–Crippen LogP) is 2.10. The molecule has 0 bridgehead atoms. The highest BCUT2D eigenvalue weighted by Gasteiger charge is 2.31. The largest absolute Gasteiger partial charge is 0.392 e. The van der Waals surface area contributed by atoms with Crippen LogP contribution < -0.4 is 10.2 Å². The zero-order chi connectivity index (χ0) is 16.2. The zero-order valence-electron chi connectivity index (χ0n) is 13.9. The zero-order valence-corrected chi connectivity index (χ0v) is 13.9. The van der Waals surface area contributed by atoms with Crippen molar-refractivity contribution in [2.45, 2.75) is 51.7 Å². The third kappa shape index (κ3) is 4.02. The second kappa shape index (κ2) is 7.30. The fraction of sp³-hybridized carbons (Fsp3) is 0.667. The van der Waals surface area contributed by atoms with Gasteiger partial charge in [-0.2, -0.15) is 0 Å². The molecule has 0 spiro atoms.